The topological polar surface area (TPSA) is 104 Å². The third-order valence-electron chi connectivity index (χ3n) is 2.43. The van der Waals surface area contributed by atoms with E-state index in [0.29, 0.717) is 24.5 Å². The van der Waals surface area contributed by atoms with Crippen LogP contribution in [0.15, 0.2) is 35.3 Å². The number of hydrogen-bond acceptors (Lipinski definition) is 5. The smallest absolute Gasteiger partial charge is 0.345 e. The van der Waals surface area contributed by atoms with Crippen molar-refractivity contribution in [3.05, 3.63) is 40.9 Å². The van der Waals surface area contributed by atoms with Gasteiger partial charge in [0.1, 0.15) is 5.75 Å². The summed E-state index contributed by atoms with van der Waals surface area (Å²) in [5.74, 6) is 0.173. The molecule has 0 amide bonds. The van der Waals surface area contributed by atoms with E-state index in [4.69, 9.17) is 5.73 Å². The van der Waals surface area contributed by atoms with Gasteiger partial charge in [0.2, 0.25) is 0 Å². The maximum atomic E-state index is 11.3. The zero-order valence-corrected chi connectivity index (χ0v) is 9.68. The quantitative estimate of drug-likeness (QED) is 0.629. The molecule has 1 aromatic carbocycles. The van der Waals surface area contributed by atoms with Gasteiger partial charge in [0, 0.05) is 18.7 Å². The molecule has 5 N–H and O–H groups in total. The number of aromatic nitrogens is 2. The first kappa shape index (κ1) is 12.1. The number of rotatable bonds is 4. The van der Waals surface area contributed by atoms with E-state index < -0.39 is 5.69 Å². The number of aromatic hydroxyl groups is 1. The Balaban J connectivity index is 2.43. The lowest BCUT2D eigenvalue weighted by Gasteiger charge is -2.10. The first-order chi connectivity index (χ1) is 8.70. The molecular formula is C12H14N4O2. The summed E-state index contributed by atoms with van der Waals surface area (Å²) >= 11 is 0. The second kappa shape index (κ2) is 5.33. The monoisotopic (exact) mass is 246 g/mol. The van der Waals surface area contributed by atoms with Crippen molar-refractivity contribution in [2.24, 2.45) is 5.73 Å². The number of H-pyrrole nitrogens is 1. The third kappa shape index (κ3) is 2.67. The standard InChI is InChI=1S/C12H14N4O2/c13-5-6-14-10-7-15-12(18)16-11(10)8-1-3-9(17)4-2-8/h1-4,7,14,17H,5-6,13H2,(H,15,16,18). The molecule has 0 atom stereocenters. The second-order valence-corrected chi connectivity index (χ2v) is 3.74. The molecule has 0 spiro atoms. The van der Waals surface area contributed by atoms with E-state index in [1.54, 1.807) is 24.3 Å². The van der Waals surface area contributed by atoms with E-state index in [9.17, 15) is 9.90 Å². The molecule has 6 heteroatoms. The molecule has 0 unspecified atom stereocenters. The van der Waals surface area contributed by atoms with Crippen molar-refractivity contribution >= 4 is 5.69 Å². The lowest BCUT2D eigenvalue weighted by molar-refractivity contribution is 0.475. The van der Waals surface area contributed by atoms with Gasteiger partial charge < -0.3 is 21.1 Å². The Kier molecular flexibility index (Phi) is 3.59. The van der Waals surface area contributed by atoms with Gasteiger partial charge in [-0.05, 0) is 24.3 Å². The highest BCUT2D eigenvalue weighted by Crippen LogP contribution is 2.25. The van der Waals surface area contributed by atoms with Crippen molar-refractivity contribution in [1.82, 2.24) is 9.97 Å². The fourth-order valence-electron chi connectivity index (χ4n) is 1.59. The van der Waals surface area contributed by atoms with Gasteiger partial charge in [0.05, 0.1) is 17.6 Å². The maximum absolute atomic E-state index is 11.3. The van der Waals surface area contributed by atoms with Crippen LogP contribution in [-0.4, -0.2) is 28.2 Å². The van der Waals surface area contributed by atoms with Crippen LogP contribution in [0.4, 0.5) is 5.69 Å². The van der Waals surface area contributed by atoms with Gasteiger partial charge in [-0.2, -0.15) is 4.98 Å². The van der Waals surface area contributed by atoms with Gasteiger partial charge >= 0.3 is 5.69 Å². The van der Waals surface area contributed by atoms with E-state index in [1.165, 1.54) is 6.20 Å². The maximum Gasteiger partial charge on any atom is 0.345 e. The number of nitrogens with one attached hydrogen (secondary N) is 2. The van der Waals surface area contributed by atoms with Crippen LogP contribution in [0, 0.1) is 0 Å². The van der Waals surface area contributed by atoms with Gasteiger partial charge in [-0.15, -0.1) is 0 Å². The largest absolute Gasteiger partial charge is 0.508 e. The van der Waals surface area contributed by atoms with Crippen molar-refractivity contribution in [2.45, 2.75) is 0 Å². The molecule has 94 valence electrons. The van der Waals surface area contributed by atoms with Crippen LogP contribution < -0.4 is 16.7 Å². The third-order valence-corrected chi connectivity index (χ3v) is 2.43. The van der Waals surface area contributed by atoms with Crippen LogP contribution in [0.25, 0.3) is 11.3 Å². The molecule has 0 aliphatic heterocycles. The van der Waals surface area contributed by atoms with Crippen molar-refractivity contribution < 1.29 is 5.11 Å². The molecule has 18 heavy (non-hydrogen) atoms. The van der Waals surface area contributed by atoms with Gasteiger partial charge in [0.25, 0.3) is 0 Å². The molecule has 1 heterocycles. The van der Waals surface area contributed by atoms with Crippen LogP contribution in [-0.2, 0) is 0 Å². The van der Waals surface area contributed by atoms with Gasteiger partial charge in [-0.25, -0.2) is 4.79 Å². The predicted octanol–water partition coefficient (Wildman–Crippen LogP) is 0.513. The lowest BCUT2D eigenvalue weighted by atomic mass is 10.1. The minimum Gasteiger partial charge on any atom is -0.508 e. The van der Waals surface area contributed by atoms with E-state index in [1.807, 2.05) is 0 Å². The molecular weight excluding hydrogens is 232 g/mol. The minimum atomic E-state index is -0.420. The Hall–Kier alpha value is -2.34. The Morgan fingerprint density at radius 1 is 1.33 bits per heavy atom. The van der Waals surface area contributed by atoms with Gasteiger partial charge in [-0.1, -0.05) is 0 Å². The average Bonchev–Trinajstić information content (AvgIpc) is 2.38. The number of nitrogens with zero attached hydrogens (tertiary/aromatic N) is 1. The summed E-state index contributed by atoms with van der Waals surface area (Å²) in [5.41, 5.74) is 7.12. The Bertz CT molecular complexity index is 577. The molecule has 0 saturated heterocycles. The first-order valence-corrected chi connectivity index (χ1v) is 5.53. The molecule has 0 aliphatic rings. The number of hydrogen-bond donors (Lipinski definition) is 4. The fraction of sp³-hybridized carbons (Fsp3) is 0.167. The van der Waals surface area contributed by atoms with Crippen LogP contribution in [0.3, 0.4) is 0 Å². The molecule has 2 rings (SSSR count). The first-order valence-electron chi connectivity index (χ1n) is 5.53. The fourth-order valence-corrected chi connectivity index (χ4v) is 1.59. The summed E-state index contributed by atoms with van der Waals surface area (Å²) in [5, 5.41) is 12.3. The number of phenolic OH excluding ortho intramolecular Hbond substituents is 1. The summed E-state index contributed by atoms with van der Waals surface area (Å²) in [7, 11) is 0. The zero-order chi connectivity index (χ0) is 13.0. The molecule has 0 fully saturated rings. The van der Waals surface area contributed by atoms with Crippen molar-refractivity contribution in [3.63, 3.8) is 0 Å². The van der Waals surface area contributed by atoms with E-state index >= 15 is 0 Å². The molecule has 6 nitrogen and oxygen atoms in total. The lowest BCUT2D eigenvalue weighted by Crippen LogP contribution is -2.17. The Labute approximate surface area is 104 Å². The summed E-state index contributed by atoms with van der Waals surface area (Å²) in [6.07, 6.45) is 1.47. The molecule has 1 aromatic heterocycles. The highest BCUT2D eigenvalue weighted by Gasteiger charge is 2.06. The van der Waals surface area contributed by atoms with Crippen molar-refractivity contribution in [2.75, 3.05) is 18.4 Å². The molecule has 0 radical (unpaired) electrons. The Morgan fingerprint density at radius 2 is 2.06 bits per heavy atom. The number of aromatic amines is 1. The van der Waals surface area contributed by atoms with Crippen LogP contribution >= 0.6 is 0 Å². The summed E-state index contributed by atoms with van der Waals surface area (Å²) < 4.78 is 0. The number of benzene rings is 1. The summed E-state index contributed by atoms with van der Waals surface area (Å²) in [6, 6.07) is 6.55. The normalized spacial score (nSPS) is 10.3. The number of anilines is 1. The zero-order valence-electron chi connectivity index (χ0n) is 9.68. The van der Waals surface area contributed by atoms with Crippen LogP contribution in [0.5, 0.6) is 5.75 Å². The molecule has 0 saturated carbocycles. The predicted molar refractivity (Wildman–Crippen MR) is 69.5 cm³/mol. The molecule has 0 aliphatic carbocycles. The highest BCUT2D eigenvalue weighted by molar-refractivity contribution is 5.73. The van der Waals surface area contributed by atoms with E-state index in [-0.39, 0.29) is 5.75 Å². The summed E-state index contributed by atoms with van der Waals surface area (Å²) in [6.45, 7) is 1.06. The van der Waals surface area contributed by atoms with Crippen LogP contribution in [0.2, 0.25) is 0 Å². The van der Waals surface area contributed by atoms with Gasteiger partial charge in [-0.3, -0.25) is 0 Å². The minimum absolute atomic E-state index is 0.173. The number of nitrogens with two attached hydrogens (primary N) is 1. The summed E-state index contributed by atoms with van der Waals surface area (Å²) in [4.78, 5) is 17.6. The van der Waals surface area contributed by atoms with E-state index in [2.05, 4.69) is 15.3 Å². The van der Waals surface area contributed by atoms with Crippen LogP contribution in [0.1, 0.15) is 0 Å². The SMILES string of the molecule is NCCNc1cnc(=O)[nH]c1-c1ccc(O)cc1. The van der Waals surface area contributed by atoms with Crippen molar-refractivity contribution in [1.29, 1.82) is 0 Å². The number of phenols is 1. The highest BCUT2D eigenvalue weighted by atomic mass is 16.3. The average molecular weight is 246 g/mol. The molecule has 0 bridgehead atoms. The van der Waals surface area contributed by atoms with Crippen molar-refractivity contribution in [3.8, 4) is 17.0 Å². The van der Waals surface area contributed by atoms with E-state index in [0.717, 1.165) is 5.56 Å². The second-order valence-electron chi connectivity index (χ2n) is 3.74. The molecule has 2 aromatic rings. The Morgan fingerprint density at radius 3 is 2.72 bits per heavy atom. The van der Waals surface area contributed by atoms with Gasteiger partial charge in [0.15, 0.2) is 0 Å².